The maximum Gasteiger partial charge on any atom is 0.195 e. The van der Waals surface area contributed by atoms with Crippen LogP contribution in [0.25, 0.3) is 0 Å². The summed E-state index contributed by atoms with van der Waals surface area (Å²) in [5.74, 6) is 0. The fourth-order valence-corrected chi connectivity index (χ4v) is 8.25. The lowest BCUT2D eigenvalue weighted by atomic mass is 10.2. The molecule has 2 rings (SSSR count). The summed E-state index contributed by atoms with van der Waals surface area (Å²) in [6.45, 7) is 9.10. The van der Waals surface area contributed by atoms with Crippen LogP contribution in [0, 0.1) is 0 Å². The summed E-state index contributed by atoms with van der Waals surface area (Å²) in [6, 6.07) is 21.5. The molecule has 1 atom stereocenters. The number of benzene rings is 2. The Hall–Kier alpha value is -1.42. The van der Waals surface area contributed by atoms with Gasteiger partial charge in [0.1, 0.15) is 0 Å². The first kappa shape index (κ1) is 16.9. The molecular formula is C19H27NOSi. The zero-order valence-electron chi connectivity index (χ0n) is 14.0. The van der Waals surface area contributed by atoms with Crippen LogP contribution in [-0.2, 0) is 0 Å². The second-order valence-corrected chi connectivity index (χ2v) is 11.4. The third-order valence-corrected chi connectivity index (χ3v) is 9.85. The molecule has 0 spiro atoms. The molecule has 0 fully saturated rings. The van der Waals surface area contributed by atoms with Gasteiger partial charge in [-0.2, -0.15) is 0 Å². The minimum absolute atomic E-state index is 0.0614. The van der Waals surface area contributed by atoms with Gasteiger partial charge in [0.15, 0.2) is 8.24 Å². The number of rotatable bonds is 5. The normalized spacial score (nSPS) is 13.9. The fourth-order valence-electron chi connectivity index (χ4n) is 3.21. The highest BCUT2D eigenvalue weighted by atomic mass is 28.3. The van der Waals surface area contributed by atoms with Crippen LogP contribution in [0.4, 0.5) is 0 Å². The van der Waals surface area contributed by atoms with E-state index in [2.05, 4.69) is 93.3 Å². The van der Waals surface area contributed by atoms with Gasteiger partial charge in [0, 0.05) is 6.04 Å². The van der Waals surface area contributed by atoms with Crippen LogP contribution in [0.5, 0.6) is 0 Å². The van der Waals surface area contributed by atoms with Crippen molar-refractivity contribution < 1.29 is 5.11 Å². The van der Waals surface area contributed by atoms with Crippen LogP contribution in [0.2, 0.25) is 5.04 Å². The maximum atomic E-state index is 9.62. The molecule has 0 amide bonds. The highest BCUT2D eigenvalue weighted by Crippen LogP contribution is 2.34. The van der Waals surface area contributed by atoms with E-state index in [4.69, 9.17) is 0 Å². The van der Waals surface area contributed by atoms with E-state index in [1.165, 1.54) is 10.4 Å². The Kier molecular flexibility index (Phi) is 5.22. The van der Waals surface area contributed by atoms with Crippen molar-refractivity contribution in [3.05, 3.63) is 60.7 Å². The van der Waals surface area contributed by atoms with Crippen molar-refractivity contribution in [1.29, 1.82) is 0 Å². The lowest BCUT2D eigenvalue weighted by molar-refractivity contribution is 0.264. The van der Waals surface area contributed by atoms with Crippen LogP contribution in [-0.4, -0.2) is 26.0 Å². The molecule has 0 aliphatic carbocycles. The molecule has 0 bridgehead atoms. The summed E-state index contributed by atoms with van der Waals surface area (Å²) in [4.78, 5) is 3.84. The van der Waals surface area contributed by atoms with Gasteiger partial charge in [0.25, 0.3) is 0 Å². The Balaban J connectivity index is 2.70. The van der Waals surface area contributed by atoms with Crippen molar-refractivity contribution in [3.8, 4) is 0 Å². The first-order chi connectivity index (χ1) is 10.4. The molecule has 2 nitrogen and oxygen atoms in total. The van der Waals surface area contributed by atoms with E-state index in [1.54, 1.807) is 0 Å². The summed E-state index contributed by atoms with van der Waals surface area (Å²) in [5, 5.41) is 12.4. The topological polar surface area (TPSA) is 32.3 Å². The van der Waals surface area contributed by atoms with Crippen molar-refractivity contribution in [2.75, 3.05) is 6.61 Å². The molecule has 1 unspecified atom stereocenters. The van der Waals surface area contributed by atoms with Gasteiger partial charge in [0.2, 0.25) is 0 Å². The standard InChI is InChI=1S/C19H27NOSi/c1-16(15-21)20-22(19(2,3)4,17-11-7-5-8-12-17)18-13-9-6-10-14-18/h5-14,16,20-21H,15H2,1-4H3. The maximum absolute atomic E-state index is 9.62. The summed E-state index contributed by atoms with van der Waals surface area (Å²) >= 11 is 0. The van der Waals surface area contributed by atoms with Crippen molar-refractivity contribution in [3.63, 3.8) is 0 Å². The number of aliphatic hydroxyl groups excluding tert-OH is 1. The van der Waals surface area contributed by atoms with Crippen LogP contribution in [0.3, 0.4) is 0 Å². The molecule has 3 heteroatoms. The summed E-state index contributed by atoms with van der Waals surface area (Å²) in [7, 11) is -2.24. The molecule has 2 aromatic carbocycles. The molecule has 2 N–H and O–H groups in total. The Morgan fingerprint density at radius 2 is 1.32 bits per heavy atom. The highest BCUT2D eigenvalue weighted by Gasteiger charge is 2.48. The van der Waals surface area contributed by atoms with E-state index >= 15 is 0 Å². The predicted octanol–water partition coefficient (Wildman–Crippen LogP) is 2.52. The fraction of sp³-hybridized carbons (Fsp3) is 0.368. The second kappa shape index (κ2) is 6.78. The molecule has 0 radical (unpaired) electrons. The van der Waals surface area contributed by atoms with Gasteiger partial charge in [-0.1, -0.05) is 81.4 Å². The summed E-state index contributed by atoms with van der Waals surface area (Å²) < 4.78 is 0. The summed E-state index contributed by atoms with van der Waals surface area (Å²) in [5.41, 5.74) is 0. The number of hydrogen-bond acceptors (Lipinski definition) is 2. The first-order valence-electron chi connectivity index (χ1n) is 7.91. The Morgan fingerprint density at radius 3 is 1.64 bits per heavy atom. The molecular weight excluding hydrogens is 286 g/mol. The lowest BCUT2D eigenvalue weighted by Crippen LogP contribution is -2.75. The Morgan fingerprint density at radius 1 is 0.909 bits per heavy atom. The lowest BCUT2D eigenvalue weighted by Gasteiger charge is -2.45. The number of nitrogens with one attached hydrogen (secondary N) is 1. The quantitative estimate of drug-likeness (QED) is 0.832. The molecule has 0 heterocycles. The SMILES string of the molecule is CC(CO)N[Si](c1ccccc1)(c1ccccc1)C(C)(C)C. The summed E-state index contributed by atoms with van der Waals surface area (Å²) in [6.07, 6.45) is 0. The molecule has 0 aliphatic rings. The molecule has 0 aromatic heterocycles. The van der Waals surface area contributed by atoms with Gasteiger partial charge in [0.05, 0.1) is 6.61 Å². The van der Waals surface area contributed by atoms with Crippen molar-refractivity contribution in [2.45, 2.75) is 38.8 Å². The third-order valence-electron chi connectivity index (χ3n) is 4.28. The van der Waals surface area contributed by atoms with Crippen molar-refractivity contribution in [2.24, 2.45) is 0 Å². The molecule has 0 saturated heterocycles. The molecule has 22 heavy (non-hydrogen) atoms. The van der Waals surface area contributed by atoms with Crippen LogP contribution >= 0.6 is 0 Å². The van der Waals surface area contributed by atoms with E-state index < -0.39 is 8.24 Å². The van der Waals surface area contributed by atoms with E-state index in [1.807, 2.05) is 0 Å². The third kappa shape index (κ3) is 3.17. The zero-order valence-corrected chi connectivity index (χ0v) is 15.0. The number of aliphatic hydroxyl groups is 1. The largest absolute Gasteiger partial charge is 0.395 e. The monoisotopic (exact) mass is 313 g/mol. The smallest absolute Gasteiger partial charge is 0.195 e. The van der Waals surface area contributed by atoms with Crippen LogP contribution < -0.4 is 15.4 Å². The molecule has 0 saturated carbocycles. The average molecular weight is 314 g/mol. The Labute approximate surface area is 135 Å². The molecule has 118 valence electrons. The second-order valence-electron chi connectivity index (χ2n) is 6.96. The molecule has 2 aromatic rings. The minimum Gasteiger partial charge on any atom is -0.395 e. The van der Waals surface area contributed by atoms with Gasteiger partial charge in [-0.15, -0.1) is 0 Å². The average Bonchev–Trinajstić information content (AvgIpc) is 2.52. The van der Waals surface area contributed by atoms with Gasteiger partial charge >= 0.3 is 0 Å². The minimum atomic E-state index is -2.24. The molecule has 0 aliphatic heterocycles. The first-order valence-corrected chi connectivity index (χ1v) is 9.91. The number of hydrogen-bond donors (Lipinski definition) is 2. The van der Waals surface area contributed by atoms with Gasteiger partial charge in [-0.05, 0) is 22.3 Å². The van der Waals surface area contributed by atoms with E-state index in [9.17, 15) is 5.11 Å². The van der Waals surface area contributed by atoms with Crippen LogP contribution in [0.15, 0.2) is 60.7 Å². The Bertz CT molecular complexity index is 538. The van der Waals surface area contributed by atoms with Crippen molar-refractivity contribution in [1.82, 2.24) is 4.98 Å². The predicted molar refractivity (Wildman–Crippen MR) is 97.3 cm³/mol. The van der Waals surface area contributed by atoms with E-state index in [0.717, 1.165) is 0 Å². The van der Waals surface area contributed by atoms with Crippen molar-refractivity contribution >= 4 is 18.6 Å². The van der Waals surface area contributed by atoms with Gasteiger partial charge < -0.3 is 10.1 Å². The van der Waals surface area contributed by atoms with Gasteiger partial charge in [-0.3, -0.25) is 0 Å². The highest BCUT2D eigenvalue weighted by molar-refractivity contribution is 7.02. The van der Waals surface area contributed by atoms with Gasteiger partial charge in [-0.25, -0.2) is 0 Å². The van der Waals surface area contributed by atoms with E-state index in [0.29, 0.717) is 0 Å². The van der Waals surface area contributed by atoms with E-state index in [-0.39, 0.29) is 17.7 Å². The van der Waals surface area contributed by atoms with Crippen LogP contribution in [0.1, 0.15) is 27.7 Å². The zero-order chi connectivity index (χ0) is 16.2.